The maximum absolute atomic E-state index is 11.3. The van der Waals surface area contributed by atoms with Crippen LogP contribution in [0.5, 0.6) is 0 Å². The first-order valence-corrected chi connectivity index (χ1v) is 7.65. The van der Waals surface area contributed by atoms with Gasteiger partial charge in [0.15, 0.2) is 0 Å². The van der Waals surface area contributed by atoms with Crippen LogP contribution in [0.25, 0.3) is 0 Å². The summed E-state index contributed by atoms with van der Waals surface area (Å²) in [6, 6.07) is 11.9. The van der Waals surface area contributed by atoms with Crippen molar-refractivity contribution in [3.63, 3.8) is 0 Å². The first-order chi connectivity index (χ1) is 8.86. The maximum atomic E-state index is 11.3. The van der Waals surface area contributed by atoms with Gasteiger partial charge in [-0.2, -0.15) is 0 Å². The van der Waals surface area contributed by atoms with Crippen LogP contribution >= 0.6 is 15.9 Å². The molecule has 0 saturated heterocycles. The molecule has 0 radical (unpaired) electrons. The van der Waals surface area contributed by atoms with Crippen molar-refractivity contribution in [2.24, 2.45) is 5.14 Å². The van der Waals surface area contributed by atoms with Crippen molar-refractivity contribution in [1.82, 2.24) is 0 Å². The Balaban J connectivity index is 2.42. The first kappa shape index (κ1) is 13.9. The molecule has 2 aromatic rings. The van der Waals surface area contributed by atoms with Crippen LogP contribution < -0.4 is 16.2 Å². The van der Waals surface area contributed by atoms with Gasteiger partial charge in [0, 0.05) is 15.8 Å². The zero-order chi connectivity index (χ0) is 14.0. The van der Waals surface area contributed by atoms with Gasteiger partial charge in [0.25, 0.3) is 0 Å². The van der Waals surface area contributed by atoms with Gasteiger partial charge in [0.2, 0.25) is 10.0 Å². The van der Waals surface area contributed by atoms with Gasteiger partial charge in [-0.3, -0.25) is 0 Å². The van der Waals surface area contributed by atoms with Gasteiger partial charge in [-0.15, -0.1) is 0 Å². The van der Waals surface area contributed by atoms with Crippen LogP contribution in [0.1, 0.15) is 0 Å². The Morgan fingerprint density at radius 1 is 1.11 bits per heavy atom. The van der Waals surface area contributed by atoms with E-state index < -0.39 is 10.0 Å². The second kappa shape index (κ2) is 5.20. The molecule has 0 bridgehead atoms. The number of para-hydroxylation sites is 1. The fourth-order valence-corrected chi connectivity index (χ4v) is 2.55. The molecule has 0 aromatic heterocycles. The van der Waals surface area contributed by atoms with E-state index in [9.17, 15) is 8.42 Å². The van der Waals surface area contributed by atoms with E-state index in [1.165, 1.54) is 12.1 Å². The zero-order valence-corrected chi connectivity index (χ0v) is 12.2. The molecule has 2 rings (SSSR count). The second-order valence-corrected chi connectivity index (χ2v) is 6.36. The number of rotatable bonds is 3. The lowest BCUT2D eigenvalue weighted by Crippen LogP contribution is -2.12. The first-order valence-electron chi connectivity index (χ1n) is 5.31. The fourth-order valence-electron chi connectivity index (χ4n) is 1.58. The number of halogens is 1. The molecule has 2 aromatic carbocycles. The molecule has 0 heterocycles. The highest BCUT2D eigenvalue weighted by Crippen LogP contribution is 2.27. The standard InChI is InChI=1S/C12H12BrN3O2S/c13-11-3-1-2-4-12(11)16-9-5-8(14)6-10(7-9)19(15,17)18/h1-7,16H,14H2,(H2,15,17,18). The Morgan fingerprint density at radius 3 is 2.42 bits per heavy atom. The summed E-state index contributed by atoms with van der Waals surface area (Å²) in [7, 11) is -3.78. The van der Waals surface area contributed by atoms with E-state index >= 15 is 0 Å². The van der Waals surface area contributed by atoms with Crippen molar-refractivity contribution in [2.75, 3.05) is 11.1 Å². The summed E-state index contributed by atoms with van der Waals surface area (Å²) in [5.41, 5.74) is 7.35. The largest absolute Gasteiger partial charge is 0.399 e. The number of primary sulfonamides is 1. The van der Waals surface area contributed by atoms with Crippen molar-refractivity contribution in [2.45, 2.75) is 4.90 Å². The third-order valence-corrected chi connectivity index (χ3v) is 3.99. The Hall–Kier alpha value is -1.57. The van der Waals surface area contributed by atoms with Crippen LogP contribution in [0, 0.1) is 0 Å². The fraction of sp³-hybridized carbons (Fsp3) is 0. The monoisotopic (exact) mass is 341 g/mol. The van der Waals surface area contributed by atoms with Crippen LogP contribution in [0.4, 0.5) is 17.1 Å². The SMILES string of the molecule is Nc1cc(Nc2ccccc2Br)cc(S(N)(=O)=O)c1. The average molecular weight is 342 g/mol. The van der Waals surface area contributed by atoms with Crippen molar-refractivity contribution in [3.8, 4) is 0 Å². The third kappa shape index (κ3) is 3.46. The predicted molar refractivity (Wildman–Crippen MR) is 79.7 cm³/mol. The minimum atomic E-state index is -3.78. The van der Waals surface area contributed by atoms with E-state index in [1.54, 1.807) is 6.07 Å². The van der Waals surface area contributed by atoms with E-state index in [4.69, 9.17) is 10.9 Å². The highest BCUT2D eigenvalue weighted by molar-refractivity contribution is 9.10. The number of nitrogen functional groups attached to an aromatic ring is 1. The normalized spacial score (nSPS) is 11.3. The smallest absolute Gasteiger partial charge is 0.238 e. The predicted octanol–water partition coefficient (Wildman–Crippen LogP) is 2.42. The van der Waals surface area contributed by atoms with Gasteiger partial charge >= 0.3 is 0 Å². The highest BCUT2D eigenvalue weighted by atomic mass is 79.9. The highest BCUT2D eigenvalue weighted by Gasteiger charge is 2.10. The number of nitrogens with two attached hydrogens (primary N) is 2. The zero-order valence-electron chi connectivity index (χ0n) is 9.80. The van der Waals surface area contributed by atoms with E-state index in [2.05, 4.69) is 21.2 Å². The lowest BCUT2D eigenvalue weighted by molar-refractivity contribution is 0.598. The molecule has 0 fully saturated rings. The Morgan fingerprint density at radius 2 is 1.79 bits per heavy atom. The summed E-state index contributed by atoms with van der Waals surface area (Å²) in [5, 5.41) is 8.18. The van der Waals surface area contributed by atoms with E-state index in [-0.39, 0.29) is 4.90 Å². The minimum Gasteiger partial charge on any atom is -0.399 e. The van der Waals surface area contributed by atoms with Crippen LogP contribution in [0.2, 0.25) is 0 Å². The average Bonchev–Trinajstić information content (AvgIpc) is 2.30. The number of anilines is 3. The molecular weight excluding hydrogens is 330 g/mol. The lowest BCUT2D eigenvalue weighted by Gasteiger charge is -2.10. The molecule has 0 aliphatic carbocycles. The topological polar surface area (TPSA) is 98.2 Å². The summed E-state index contributed by atoms with van der Waals surface area (Å²) in [6.07, 6.45) is 0. The van der Waals surface area contributed by atoms with Crippen LogP contribution in [-0.4, -0.2) is 8.42 Å². The molecule has 0 atom stereocenters. The molecule has 5 N–H and O–H groups in total. The molecule has 0 amide bonds. The number of hydrogen-bond acceptors (Lipinski definition) is 4. The molecular formula is C12H12BrN3O2S. The lowest BCUT2D eigenvalue weighted by atomic mass is 10.2. The van der Waals surface area contributed by atoms with Crippen molar-refractivity contribution in [1.29, 1.82) is 0 Å². The van der Waals surface area contributed by atoms with E-state index in [0.29, 0.717) is 11.4 Å². The minimum absolute atomic E-state index is 0.0259. The summed E-state index contributed by atoms with van der Waals surface area (Å²) in [5.74, 6) is 0. The quantitative estimate of drug-likeness (QED) is 0.746. The van der Waals surface area contributed by atoms with Gasteiger partial charge in [-0.1, -0.05) is 12.1 Å². The Bertz CT molecular complexity index is 717. The Kier molecular flexibility index (Phi) is 3.79. The third-order valence-electron chi connectivity index (χ3n) is 2.41. The molecule has 0 aliphatic rings. The van der Waals surface area contributed by atoms with Gasteiger partial charge in [-0.05, 0) is 46.3 Å². The van der Waals surface area contributed by atoms with Crippen molar-refractivity contribution in [3.05, 3.63) is 46.9 Å². The van der Waals surface area contributed by atoms with Crippen LogP contribution in [-0.2, 0) is 10.0 Å². The van der Waals surface area contributed by atoms with Crippen molar-refractivity contribution >= 4 is 43.0 Å². The van der Waals surface area contributed by atoms with Crippen LogP contribution in [0.3, 0.4) is 0 Å². The second-order valence-electron chi connectivity index (χ2n) is 3.94. The summed E-state index contributed by atoms with van der Waals surface area (Å²) < 4.78 is 23.5. The van der Waals surface area contributed by atoms with Gasteiger partial charge < -0.3 is 11.1 Å². The molecule has 0 unspecified atom stereocenters. The van der Waals surface area contributed by atoms with E-state index in [1.807, 2.05) is 24.3 Å². The number of benzene rings is 2. The molecule has 100 valence electrons. The number of hydrogen-bond donors (Lipinski definition) is 3. The van der Waals surface area contributed by atoms with Gasteiger partial charge in [0.1, 0.15) is 0 Å². The maximum Gasteiger partial charge on any atom is 0.238 e. The van der Waals surface area contributed by atoms with Crippen molar-refractivity contribution < 1.29 is 8.42 Å². The van der Waals surface area contributed by atoms with E-state index in [0.717, 1.165) is 10.2 Å². The van der Waals surface area contributed by atoms with Crippen LogP contribution in [0.15, 0.2) is 51.8 Å². The summed E-state index contributed by atoms with van der Waals surface area (Å²) >= 11 is 3.39. The number of sulfonamides is 1. The molecule has 0 spiro atoms. The summed E-state index contributed by atoms with van der Waals surface area (Å²) in [4.78, 5) is -0.0259. The molecule has 19 heavy (non-hydrogen) atoms. The Labute approximate surface area is 119 Å². The molecule has 7 heteroatoms. The van der Waals surface area contributed by atoms with Gasteiger partial charge in [0.05, 0.1) is 10.6 Å². The number of nitrogens with one attached hydrogen (secondary N) is 1. The molecule has 5 nitrogen and oxygen atoms in total. The molecule has 0 saturated carbocycles. The van der Waals surface area contributed by atoms with Gasteiger partial charge in [-0.25, -0.2) is 13.6 Å². The molecule has 0 aliphatic heterocycles. The summed E-state index contributed by atoms with van der Waals surface area (Å²) in [6.45, 7) is 0.